The minimum atomic E-state index is -0.815. The first kappa shape index (κ1) is 16.3. The maximum absolute atomic E-state index is 12.5. The van der Waals surface area contributed by atoms with Crippen molar-refractivity contribution in [3.63, 3.8) is 0 Å². The summed E-state index contributed by atoms with van der Waals surface area (Å²) in [5, 5.41) is 12.5. The lowest BCUT2D eigenvalue weighted by Gasteiger charge is -2.31. The highest BCUT2D eigenvalue weighted by Gasteiger charge is 2.41. The van der Waals surface area contributed by atoms with Crippen molar-refractivity contribution in [3.05, 3.63) is 0 Å². The second-order valence-electron chi connectivity index (χ2n) is 7.05. The molecule has 0 spiro atoms. The molecular weight excluding hydrogens is 266 g/mol. The molecular formula is C17H29NO3. The summed E-state index contributed by atoms with van der Waals surface area (Å²) in [6, 6.07) is 0.225. The summed E-state index contributed by atoms with van der Waals surface area (Å²) in [5.74, 6) is -0.764. The van der Waals surface area contributed by atoms with Crippen LogP contribution in [0.2, 0.25) is 0 Å². The predicted molar refractivity (Wildman–Crippen MR) is 81.8 cm³/mol. The summed E-state index contributed by atoms with van der Waals surface area (Å²) in [4.78, 5) is 23.9. The lowest BCUT2D eigenvalue weighted by atomic mass is 9.82. The smallest absolute Gasteiger partial charge is 0.307 e. The van der Waals surface area contributed by atoms with E-state index in [1.54, 1.807) is 0 Å². The second kappa shape index (κ2) is 7.28. The van der Waals surface area contributed by atoms with E-state index in [-0.39, 0.29) is 17.9 Å². The molecule has 4 heteroatoms. The van der Waals surface area contributed by atoms with Crippen molar-refractivity contribution in [1.82, 2.24) is 5.32 Å². The fraction of sp³-hybridized carbons (Fsp3) is 0.882. The van der Waals surface area contributed by atoms with Crippen LogP contribution in [0.15, 0.2) is 0 Å². The van der Waals surface area contributed by atoms with Gasteiger partial charge in [-0.3, -0.25) is 9.59 Å². The second-order valence-corrected chi connectivity index (χ2v) is 7.05. The molecule has 2 N–H and O–H groups in total. The van der Waals surface area contributed by atoms with Gasteiger partial charge in [-0.25, -0.2) is 0 Å². The summed E-state index contributed by atoms with van der Waals surface area (Å²) in [5.41, 5.74) is 0. The zero-order chi connectivity index (χ0) is 15.4. The molecule has 0 aromatic heterocycles. The molecule has 2 aliphatic rings. The Hall–Kier alpha value is -1.06. The van der Waals surface area contributed by atoms with Crippen LogP contribution in [0, 0.1) is 23.7 Å². The molecule has 0 bridgehead atoms. The number of amides is 1. The lowest BCUT2D eigenvalue weighted by molar-refractivity contribution is -0.146. The molecule has 0 aromatic carbocycles. The van der Waals surface area contributed by atoms with Crippen molar-refractivity contribution in [3.8, 4) is 0 Å². The normalized spacial score (nSPS) is 31.8. The summed E-state index contributed by atoms with van der Waals surface area (Å²) in [7, 11) is 0. The monoisotopic (exact) mass is 295 g/mol. The van der Waals surface area contributed by atoms with E-state index in [1.165, 1.54) is 32.1 Å². The molecule has 1 amide bonds. The number of nitrogens with one attached hydrogen (secondary N) is 1. The van der Waals surface area contributed by atoms with Gasteiger partial charge in [0, 0.05) is 6.04 Å². The molecule has 21 heavy (non-hydrogen) atoms. The Bertz CT molecular complexity index is 376. The molecule has 4 nitrogen and oxygen atoms in total. The van der Waals surface area contributed by atoms with E-state index in [0.29, 0.717) is 24.7 Å². The number of carboxylic acid groups (broad SMARTS) is 1. The average Bonchev–Trinajstić information content (AvgIpc) is 2.88. The van der Waals surface area contributed by atoms with Gasteiger partial charge in [0.25, 0.3) is 0 Å². The molecule has 4 atom stereocenters. The van der Waals surface area contributed by atoms with Crippen LogP contribution in [0.25, 0.3) is 0 Å². The van der Waals surface area contributed by atoms with Crippen LogP contribution < -0.4 is 5.32 Å². The Kier molecular flexibility index (Phi) is 5.65. The summed E-state index contributed by atoms with van der Waals surface area (Å²) in [6.45, 7) is 4.16. The van der Waals surface area contributed by atoms with Gasteiger partial charge in [-0.15, -0.1) is 0 Å². The van der Waals surface area contributed by atoms with E-state index >= 15 is 0 Å². The van der Waals surface area contributed by atoms with Gasteiger partial charge in [-0.2, -0.15) is 0 Å². The van der Waals surface area contributed by atoms with Gasteiger partial charge in [0.15, 0.2) is 0 Å². The zero-order valence-electron chi connectivity index (χ0n) is 13.3. The number of hydrogen-bond donors (Lipinski definition) is 2. The Labute approximate surface area is 127 Å². The largest absolute Gasteiger partial charge is 0.481 e. The Morgan fingerprint density at radius 2 is 1.76 bits per heavy atom. The fourth-order valence-corrected chi connectivity index (χ4v) is 4.23. The standard InChI is InChI=1S/C17H29NO3/c1-3-15(12-7-5-4-6-8-12)18-16(19)13-9-11(2)10-14(13)17(20)21/h11-15H,3-10H2,1-2H3,(H,18,19)(H,20,21). The van der Waals surface area contributed by atoms with Crippen LogP contribution in [0.4, 0.5) is 0 Å². The van der Waals surface area contributed by atoms with Crippen molar-refractivity contribution >= 4 is 11.9 Å². The molecule has 0 heterocycles. The van der Waals surface area contributed by atoms with Gasteiger partial charge in [0.05, 0.1) is 11.8 Å². The highest BCUT2D eigenvalue weighted by molar-refractivity contribution is 5.85. The molecule has 0 radical (unpaired) electrons. The maximum Gasteiger partial charge on any atom is 0.307 e. The number of carbonyl (C=O) groups is 2. The first-order chi connectivity index (χ1) is 10.0. The van der Waals surface area contributed by atoms with Crippen molar-refractivity contribution in [2.24, 2.45) is 23.7 Å². The third-order valence-corrected chi connectivity index (χ3v) is 5.44. The third-order valence-electron chi connectivity index (χ3n) is 5.44. The van der Waals surface area contributed by atoms with E-state index in [4.69, 9.17) is 0 Å². The summed E-state index contributed by atoms with van der Waals surface area (Å²) < 4.78 is 0. The Morgan fingerprint density at radius 3 is 2.33 bits per heavy atom. The van der Waals surface area contributed by atoms with Gasteiger partial charge in [-0.05, 0) is 43.9 Å². The lowest BCUT2D eigenvalue weighted by Crippen LogP contribution is -2.45. The van der Waals surface area contributed by atoms with Crippen LogP contribution in [0.1, 0.15) is 65.2 Å². The molecule has 120 valence electrons. The summed E-state index contributed by atoms with van der Waals surface area (Å²) >= 11 is 0. The molecule has 2 saturated carbocycles. The fourth-order valence-electron chi connectivity index (χ4n) is 4.23. The van der Waals surface area contributed by atoms with Gasteiger partial charge in [-0.1, -0.05) is 33.1 Å². The molecule has 0 saturated heterocycles. The van der Waals surface area contributed by atoms with E-state index in [9.17, 15) is 14.7 Å². The minimum absolute atomic E-state index is 0.0239. The molecule has 4 unspecified atom stereocenters. The number of hydrogen-bond acceptors (Lipinski definition) is 2. The molecule has 2 aliphatic carbocycles. The highest BCUT2D eigenvalue weighted by Crippen LogP contribution is 2.37. The quantitative estimate of drug-likeness (QED) is 0.818. The Morgan fingerprint density at radius 1 is 1.14 bits per heavy atom. The van der Waals surface area contributed by atoms with E-state index in [2.05, 4.69) is 12.2 Å². The topological polar surface area (TPSA) is 66.4 Å². The predicted octanol–water partition coefficient (Wildman–Crippen LogP) is 3.21. The highest BCUT2D eigenvalue weighted by atomic mass is 16.4. The van der Waals surface area contributed by atoms with Crippen LogP contribution in [0.5, 0.6) is 0 Å². The van der Waals surface area contributed by atoms with E-state index < -0.39 is 11.9 Å². The SMILES string of the molecule is CCC(NC(=O)C1CC(C)CC1C(=O)O)C1CCCCC1. The van der Waals surface area contributed by atoms with Crippen LogP contribution >= 0.6 is 0 Å². The maximum atomic E-state index is 12.5. The number of aliphatic carboxylic acids is 1. The van der Waals surface area contributed by atoms with Gasteiger partial charge in [0.1, 0.15) is 0 Å². The zero-order valence-corrected chi connectivity index (χ0v) is 13.3. The van der Waals surface area contributed by atoms with E-state index in [1.807, 2.05) is 6.92 Å². The number of carbonyl (C=O) groups excluding carboxylic acids is 1. The van der Waals surface area contributed by atoms with Crippen LogP contribution in [-0.2, 0) is 9.59 Å². The van der Waals surface area contributed by atoms with E-state index in [0.717, 1.165) is 6.42 Å². The van der Waals surface area contributed by atoms with Crippen molar-refractivity contribution in [1.29, 1.82) is 0 Å². The van der Waals surface area contributed by atoms with Crippen LogP contribution in [-0.4, -0.2) is 23.0 Å². The van der Waals surface area contributed by atoms with Gasteiger partial charge >= 0.3 is 5.97 Å². The first-order valence-electron chi connectivity index (χ1n) is 8.56. The minimum Gasteiger partial charge on any atom is -0.481 e. The molecule has 2 rings (SSSR count). The van der Waals surface area contributed by atoms with Crippen molar-refractivity contribution < 1.29 is 14.7 Å². The number of carboxylic acids is 1. The first-order valence-corrected chi connectivity index (χ1v) is 8.56. The average molecular weight is 295 g/mol. The Balaban J connectivity index is 1.96. The molecule has 0 aromatic rings. The molecule has 2 fully saturated rings. The van der Waals surface area contributed by atoms with Crippen molar-refractivity contribution in [2.75, 3.05) is 0 Å². The number of rotatable bonds is 5. The van der Waals surface area contributed by atoms with Gasteiger partial charge < -0.3 is 10.4 Å². The van der Waals surface area contributed by atoms with Crippen molar-refractivity contribution in [2.45, 2.75) is 71.3 Å². The van der Waals surface area contributed by atoms with Gasteiger partial charge in [0.2, 0.25) is 5.91 Å². The third kappa shape index (κ3) is 3.98. The van der Waals surface area contributed by atoms with Crippen LogP contribution in [0.3, 0.4) is 0 Å². The summed E-state index contributed by atoms with van der Waals surface area (Å²) in [6.07, 6.45) is 8.50. The molecule has 0 aliphatic heterocycles.